The second-order valence-corrected chi connectivity index (χ2v) is 13.6. The molecule has 0 bridgehead atoms. The Kier molecular flexibility index (Phi) is 6.58. The van der Waals surface area contributed by atoms with Crippen LogP contribution in [0.15, 0.2) is 48.9 Å². The van der Waals surface area contributed by atoms with Gasteiger partial charge >= 0.3 is 0 Å². The summed E-state index contributed by atoms with van der Waals surface area (Å²) in [6.07, 6.45) is 7.55. The van der Waals surface area contributed by atoms with Gasteiger partial charge in [0, 0.05) is 86.1 Å². The number of pyridine rings is 1. The zero-order chi connectivity index (χ0) is 28.2. The SMILES string of the molecule is OS1(O)CCN(Cc2c(F)cc(-n3ccc4cnc(Nc5ccnc(N6CCNC7(CC7)C6)c5)nc43)cc2F)CC1. The van der Waals surface area contributed by atoms with Gasteiger partial charge in [0.2, 0.25) is 5.95 Å². The number of fused-ring (bicyclic) bond motifs is 1. The zero-order valence-electron chi connectivity index (χ0n) is 22.4. The maximum absolute atomic E-state index is 15.2. The van der Waals surface area contributed by atoms with Gasteiger partial charge in [-0.05, 0) is 37.1 Å². The van der Waals surface area contributed by atoms with Crippen LogP contribution in [0.2, 0.25) is 0 Å². The van der Waals surface area contributed by atoms with Gasteiger partial charge in [-0.3, -0.25) is 14.0 Å². The summed E-state index contributed by atoms with van der Waals surface area (Å²) in [6, 6.07) is 8.26. The van der Waals surface area contributed by atoms with E-state index in [0.29, 0.717) is 30.4 Å². The Balaban J connectivity index is 1.11. The first kappa shape index (κ1) is 26.5. The monoisotopic (exact) mass is 582 g/mol. The van der Waals surface area contributed by atoms with Gasteiger partial charge in [0.05, 0.1) is 17.2 Å². The van der Waals surface area contributed by atoms with E-state index in [-0.39, 0.29) is 29.2 Å². The summed E-state index contributed by atoms with van der Waals surface area (Å²) in [5.41, 5.74) is 1.83. The summed E-state index contributed by atoms with van der Waals surface area (Å²) < 4.78 is 51.7. The first-order chi connectivity index (χ1) is 19.8. The second kappa shape index (κ2) is 10.2. The van der Waals surface area contributed by atoms with Gasteiger partial charge in [0.1, 0.15) is 23.1 Å². The molecule has 216 valence electrons. The highest BCUT2D eigenvalue weighted by Crippen LogP contribution is 2.41. The quantitative estimate of drug-likeness (QED) is 0.264. The molecule has 13 heteroatoms. The Hall–Kier alpha value is -3.36. The van der Waals surface area contributed by atoms with Crippen molar-refractivity contribution in [2.24, 2.45) is 0 Å². The van der Waals surface area contributed by atoms with Crippen molar-refractivity contribution in [3.05, 3.63) is 66.1 Å². The minimum absolute atomic E-state index is 0.0360. The van der Waals surface area contributed by atoms with Gasteiger partial charge in [0.15, 0.2) is 0 Å². The molecule has 0 unspecified atom stereocenters. The van der Waals surface area contributed by atoms with Crippen LogP contribution in [0.4, 0.5) is 26.2 Å². The van der Waals surface area contributed by atoms with E-state index in [9.17, 15) is 9.11 Å². The molecule has 7 rings (SSSR count). The van der Waals surface area contributed by atoms with Gasteiger partial charge in [-0.1, -0.05) is 0 Å². The molecular weight excluding hydrogens is 550 g/mol. The van der Waals surface area contributed by atoms with Gasteiger partial charge in [-0.25, -0.2) is 18.7 Å². The summed E-state index contributed by atoms with van der Waals surface area (Å²) in [7, 11) is -2.58. The molecular formula is C28H32F2N8O2S. The number of hydrogen-bond donors (Lipinski definition) is 4. The molecule has 1 saturated carbocycles. The Labute approximate surface area is 237 Å². The highest BCUT2D eigenvalue weighted by Gasteiger charge is 2.45. The highest BCUT2D eigenvalue weighted by molar-refractivity contribution is 8.24. The number of nitrogens with one attached hydrogen (secondary N) is 2. The molecule has 3 aliphatic rings. The van der Waals surface area contributed by atoms with Gasteiger partial charge in [-0.2, -0.15) is 15.6 Å². The minimum Gasteiger partial charge on any atom is -0.353 e. The number of nitrogens with zero attached hydrogens (tertiary/aromatic N) is 6. The van der Waals surface area contributed by atoms with Crippen molar-refractivity contribution in [2.45, 2.75) is 24.9 Å². The topological polar surface area (TPSA) is 115 Å². The van der Waals surface area contributed by atoms with Gasteiger partial charge in [-0.15, -0.1) is 0 Å². The largest absolute Gasteiger partial charge is 0.353 e. The van der Waals surface area contributed by atoms with Crippen molar-refractivity contribution in [3.8, 4) is 5.69 Å². The van der Waals surface area contributed by atoms with E-state index in [1.807, 2.05) is 17.0 Å². The number of anilines is 3. The van der Waals surface area contributed by atoms with Gasteiger partial charge < -0.3 is 20.1 Å². The number of piperazine rings is 1. The molecule has 0 amide bonds. The molecule has 3 fully saturated rings. The van der Waals surface area contributed by atoms with Crippen molar-refractivity contribution in [3.63, 3.8) is 0 Å². The maximum atomic E-state index is 15.2. The number of aromatic nitrogens is 4. The predicted octanol–water partition coefficient (Wildman–Crippen LogP) is 4.35. The van der Waals surface area contributed by atoms with Crippen LogP contribution in [0.25, 0.3) is 16.7 Å². The molecule has 4 N–H and O–H groups in total. The first-order valence-electron chi connectivity index (χ1n) is 13.8. The zero-order valence-corrected chi connectivity index (χ0v) is 23.2. The Morgan fingerprint density at radius 3 is 2.56 bits per heavy atom. The molecule has 10 nitrogen and oxygen atoms in total. The van der Waals surface area contributed by atoms with E-state index in [4.69, 9.17) is 0 Å². The number of hydrogen-bond acceptors (Lipinski definition) is 9. The van der Waals surface area contributed by atoms with Crippen molar-refractivity contribution in [2.75, 3.05) is 54.4 Å². The number of rotatable bonds is 6. The molecule has 0 radical (unpaired) electrons. The van der Waals surface area contributed by atoms with Crippen LogP contribution >= 0.6 is 10.6 Å². The molecule has 1 spiro atoms. The molecule has 3 aromatic heterocycles. The fourth-order valence-electron chi connectivity index (χ4n) is 5.65. The van der Waals surface area contributed by atoms with E-state index in [2.05, 4.69) is 30.5 Å². The molecule has 2 saturated heterocycles. The van der Waals surface area contributed by atoms with Crippen LogP contribution in [0.5, 0.6) is 0 Å². The van der Waals surface area contributed by atoms with Crippen molar-refractivity contribution in [1.29, 1.82) is 0 Å². The van der Waals surface area contributed by atoms with Gasteiger partial charge in [0.25, 0.3) is 0 Å². The van der Waals surface area contributed by atoms with Crippen LogP contribution in [-0.4, -0.2) is 83.3 Å². The smallest absolute Gasteiger partial charge is 0.229 e. The van der Waals surface area contributed by atoms with Crippen LogP contribution < -0.4 is 15.5 Å². The fourth-order valence-corrected chi connectivity index (χ4v) is 6.95. The fraction of sp³-hybridized carbons (Fsp3) is 0.393. The number of benzene rings is 1. The standard InChI is InChI=1S/C28H32F2N8O2S/c29-23-14-21(15-24(30)22(23)17-36-9-11-41(39,40)12-10-36)38-7-2-19-16-32-27(35-26(19)38)34-20-1-5-31-25(13-20)37-8-6-33-28(18-37)3-4-28/h1-2,5,7,13-16,33,39-40H,3-4,6,8-12,17-18H2,(H,31,32,34,35). The van der Waals surface area contributed by atoms with E-state index in [0.717, 1.165) is 36.5 Å². The van der Waals surface area contributed by atoms with E-state index < -0.39 is 22.2 Å². The lowest BCUT2D eigenvalue weighted by Crippen LogP contribution is -2.52. The predicted molar refractivity (Wildman–Crippen MR) is 156 cm³/mol. The third kappa shape index (κ3) is 5.47. The Morgan fingerprint density at radius 1 is 1.02 bits per heavy atom. The highest BCUT2D eigenvalue weighted by atomic mass is 32.3. The summed E-state index contributed by atoms with van der Waals surface area (Å²) in [4.78, 5) is 17.8. The average molecular weight is 583 g/mol. The molecule has 5 heterocycles. The third-order valence-corrected chi connectivity index (χ3v) is 9.91. The van der Waals surface area contributed by atoms with Crippen LogP contribution in [0.3, 0.4) is 0 Å². The molecule has 4 aromatic rings. The van der Waals surface area contributed by atoms with E-state index in [1.165, 1.54) is 25.0 Å². The maximum Gasteiger partial charge on any atom is 0.229 e. The summed E-state index contributed by atoms with van der Waals surface area (Å²) in [6.45, 7) is 3.60. The Bertz CT molecular complexity index is 1580. The lowest BCUT2D eigenvalue weighted by molar-refractivity contribution is 0.270. The molecule has 2 aliphatic heterocycles. The van der Waals surface area contributed by atoms with Crippen molar-refractivity contribution >= 4 is 39.1 Å². The molecule has 1 aromatic carbocycles. The minimum atomic E-state index is -2.58. The Morgan fingerprint density at radius 2 is 1.80 bits per heavy atom. The lowest BCUT2D eigenvalue weighted by Gasteiger charge is -2.41. The number of halogens is 2. The lowest BCUT2D eigenvalue weighted by atomic mass is 10.1. The molecule has 41 heavy (non-hydrogen) atoms. The van der Waals surface area contributed by atoms with Crippen molar-refractivity contribution in [1.82, 2.24) is 29.7 Å². The summed E-state index contributed by atoms with van der Waals surface area (Å²) in [5, 5.41) is 7.61. The molecule has 0 atom stereocenters. The van der Waals surface area contributed by atoms with E-state index >= 15 is 8.78 Å². The van der Waals surface area contributed by atoms with Crippen LogP contribution in [-0.2, 0) is 6.54 Å². The summed E-state index contributed by atoms with van der Waals surface area (Å²) in [5.74, 6) is 0.389. The summed E-state index contributed by atoms with van der Waals surface area (Å²) >= 11 is 0. The van der Waals surface area contributed by atoms with E-state index in [1.54, 1.807) is 29.2 Å². The average Bonchev–Trinajstić information content (AvgIpc) is 3.55. The first-order valence-corrected chi connectivity index (χ1v) is 15.7. The van der Waals surface area contributed by atoms with Crippen molar-refractivity contribution < 1.29 is 17.9 Å². The third-order valence-electron chi connectivity index (χ3n) is 8.24. The van der Waals surface area contributed by atoms with Crippen LogP contribution in [0, 0.1) is 11.6 Å². The second-order valence-electron chi connectivity index (χ2n) is 11.2. The molecule has 1 aliphatic carbocycles. The normalized spacial score (nSPS) is 20.8. The van der Waals surface area contributed by atoms with Crippen LogP contribution in [0.1, 0.15) is 18.4 Å².